The summed E-state index contributed by atoms with van der Waals surface area (Å²) < 4.78 is 11.0. The molecule has 6 heteroatoms. The first-order valence-electron chi connectivity index (χ1n) is 7.77. The Labute approximate surface area is 150 Å². The molecule has 0 saturated carbocycles. The van der Waals surface area contributed by atoms with Gasteiger partial charge in [-0.1, -0.05) is 26.0 Å². The van der Waals surface area contributed by atoms with E-state index >= 15 is 0 Å². The van der Waals surface area contributed by atoms with Crippen LogP contribution < -0.4 is 9.47 Å². The number of methoxy groups -OCH3 is 1. The number of carbonyl (C=O) groups is 2. The largest absolute Gasteiger partial charge is 0.493 e. The summed E-state index contributed by atoms with van der Waals surface area (Å²) in [5.74, 6) is 0.387. The Hall–Kier alpha value is -2.60. The zero-order chi connectivity index (χ0) is 18.4. The molecule has 2 aromatic rings. The van der Waals surface area contributed by atoms with E-state index in [0.717, 1.165) is 16.9 Å². The number of hydrogen-bond acceptors (Lipinski definition) is 5. The number of rotatable bonds is 8. The van der Waals surface area contributed by atoms with Crippen LogP contribution in [0.5, 0.6) is 11.5 Å². The van der Waals surface area contributed by atoms with Crippen molar-refractivity contribution in [2.45, 2.75) is 13.8 Å². The summed E-state index contributed by atoms with van der Waals surface area (Å²) >= 11 is 0.959. The van der Waals surface area contributed by atoms with E-state index in [4.69, 9.17) is 14.6 Å². The highest BCUT2D eigenvalue weighted by Gasteiger charge is 2.11. The van der Waals surface area contributed by atoms with E-state index in [9.17, 15) is 9.59 Å². The Bertz CT molecular complexity index is 789. The minimum atomic E-state index is -1.03. The molecule has 0 atom stereocenters. The van der Waals surface area contributed by atoms with Gasteiger partial charge in [0.1, 0.15) is 4.88 Å². The molecule has 0 unspecified atom stereocenters. The summed E-state index contributed by atoms with van der Waals surface area (Å²) in [6.45, 7) is 4.72. The number of aromatic carboxylic acids is 1. The lowest BCUT2D eigenvalue weighted by Gasteiger charge is -2.12. The summed E-state index contributed by atoms with van der Waals surface area (Å²) in [6, 6.07) is 8.37. The SMILES string of the molecule is COc1cc(/C=C/C(=O)c2ccc(C(=O)O)s2)ccc1OCC(C)C. The number of carboxylic acid groups (broad SMARTS) is 1. The molecule has 0 aliphatic heterocycles. The molecule has 0 aliphatic carbocycles. The van der Waals surface area contributed by atoms with Crippen LogP contribution in [0.4, 0.5) is 0 Å². The van der Waals surface area contributed by atoms with Gasteiger partial charge in [-0.15, -0.1) is 11.3 Å². The number of allylic oxidation sites excluding steroid dienone is 1. The summed E-state index contributed by atoms with van der Waals surface area (Å²) in [6.07, 6.45) is 3.08. The van der Waals surface area contributed by atoms with Crippen LogP contribution in [-0.2, 0) is 0 Å². The predicted octanol–water partition coefficient (Wildman–Crippen LogP) is 4.39. The highest BCUT2D eigenvalue weighted by Crippen LogP contribution is 2.29. The maximum Gasteiger partial charge on any atom is 0.345 e. The van der Waals surface area contributed by atoms with Crippen LogP contribution in [0.15, 0.2) is 36.4 Å². The average Bonchev–Trinajstić information content (AvgIpc) is 3.08. The highest BCUT2D eigenvalue weighted by molar-refractivity contribution is 7.16. The molecular formula is C19H20O5S. The van der Waals surface area contributed by atoms with E-state index in [1.807, 2.05) is 6.07 Å². The van der Waals surface area contributed by atoms with Crippen molar-refractivity contribution in [3.8, 4) is 11.5 Å². The van der Waals surface area contributed by atoms with Crippen LogP contribution >= 0.6 is 11.3 Å². The third-order valence-corrected chi connectivity index (χ3v) is 4.33. The second-order valence-electron chi connectivity index (χ2n) is 5.78. The van der Waals surface area contributed by atoms with Crippen LogP contribution in [0, 0.1) is 5.92 Å². The minimum absolute atomic E-state index is 0.144. The van der Waals surface area contributed by atoms with Gasteiger partial charge in [0, 0.05) is 0 Å². The van der Waals surface area contributed by atoms with Crippen molar-refractivity contribution in [3.05, 3.63) is 51.7 Å². The topological polar surface area (TPSA) is 72.8 Å². The molecule has 1 aromatic carbocycles. The van der Waals surface area contributed by atoms with Crippen molar-refractivity contribution >= 4 is 29.2 Å². The van der Waals surface area contributed by atoms with E-state index in [0.29, 0.717) is 28.9 Å². The number of ether oxygens (including phenoxy) is 2. The first-order chi connectivity index (χ1) is 11.9. The Balaban J connectivity index is 2.11. The molecule has 25 heavy (non-hydrogen) atoms. The molecular weight excluding hydrogens is 340 g/mol. The van der Waals surface area contributed by atoms with Crippen molar-refractivity contribution in [2.75, 3.05) is 13.7 Å². The van der Waals surface area contributed by atoms with Gasteiger partial charge in [-0.05, 0) is 41.8 Å². The lowest BCUT2D eigenvalue weighted by Crippen LogP contribution is -2.05. The smallest absolute Gasteiger partial charge is 0.345 e. The van der Waals surface area contributed by atoms with Crippen molar-refractivity contribution in [1.82, 2.24) is 0 Å². The van der Waals surface area contributed by atoms with Gasteiger partial charge in [0.15, 0.2) is 17.3 Å². The lowest BCUT2D eigenvalue weighted by atomic mass is 10.1. The second-order valence-corrected chi connectivity index (χ2v) is 6.87. The van der Waals surface area contributed by atoms with Crippen LogP contribution in [0.3, 0.4) is 0 Å². The fourth-order valence-electron chi connectivity index (χ4n) is 2.00. The van der Waals surface area contributed by atoms with Crippen molar-refractivity contribution in [3.63, 3.8) is 0 Å². The Kier molecular flexibility index (Phi) is 6.36. The van der Waals surface area contributed by atoms with E-state index in [2.05, 4.69) is 13.8 Å². The molecule has 1 N–H and O–H groups in total. The molecule has 0 spiro atoms. The van der Waals surface area contributed by atoms with Gasteiger partial charge in [-0.2, -0.15) is 0 Å². The molecule has 2 rings (SSSR count). The van der Waals surface area contributed by atoms with Crippen LogP contribution in [-0.4, -0.2) is 30.6 Å². The fourth-order valence-corrected chi connectivity index (χ4v) is 2.77. The summed E-state index contributed by atoms with van der Waals surface area (Å²) in [5, 5.41) is 8.90. The molecule has 0 amide bonds. The van der Waals surface area contributed by atoms with Gasteiger partial charge in [0.05, 0.1) is 18.6 Å². The molecule has 5 nitrogen and oxygen atoms in total. The summed E-state index contributed by atoms with van der Waals surface area (Å²) in [5.41, 5.74) is 0.789. The molecule has 0 aliphatic rings. The molecule has 0 fully saturated rings. The average molecular weight is 360 g/mol. The highest BCUT2D eigenvalue weighted by atomic mass is 32.1. The maximum atomic E-state index is 12.1. The van der Waals surface area contributed by atoms with E-state index < -0.39 is 5.97 Å². The van der Waals surface area contributed by atoms with Crippen molar-refractivity contribution in [2.24, 2.45) is 5.92 Å². The monoisotopic (exact) mass is 360 g/mol. The molecule has 0 saturated heterocycles. The Morgan fingerprint density at radius 3 is 2.48 bits per heavy atom. The maximum absolute atomic E-state index is 12.1. The van der Waals surface area contributed by atoms with Crippen molar-refractivity contribution < 1.29 is 24.2 Å². The van der Waals surface area contributed by atoms with Crippen molar-refractivity contribution in [1.29, 1.82) is 0 Å². The first kappa shape index (κ1) is 18.7. The van der Waals surface area contributed by atoms with Crippen LogP contribution in [0.25, 0.3) is 6.08 Å². The minimum Gasteiger partial charge on any atom is -0.493 e. The van der Waals surface area contributed by atoms with Gasteiger partial charge in [0.2, 0.25) is 0 Å². The van der Waals surface area contributed by atoms with Crippen LogP contribution in [0.1, 0.15) is 38.8 Å². The van der Waals surface area contributed by atoms with Gasteiger partial charge < -0.3 is 14.6 Å². The third-order valence-electron chi connectivity index (χ3n) is 3.25. The molecule has 0 radical (unpaired) electrons. The molecule has 132 valence electrons. The molecule has 1 aromatic heterocycles. The third kappa shape index (κ3) is 5.19. The zero-order valence-electron chi connectivity index (χ0n) is 14.3. The van der Waals surface area contributed by atoms with Crippen LogP contribution in [0.2, 0.25) is 0 Å². The van der Waals surface area contributed by atoms with Gasteiger partial charge >= 0.3 is 5.97 Å². The number of ketones is 1. The quantitative estimate of drug-likeness (QED) is 0.558. The summed E-state index contributed by atoms with van der Waals surface area (Å²) in [7, 11) is 1.56. The molecule has 0 bridgehead atoms. The van der Waals surface area contributed by atoms with E-state index in [1.54, 1.807) is 25.3 Å². The number of carbonyl (C=O) groups excluding carboxylic acids is 1. The standard InChI is InChI=1S/C19H20O5S/c1-12(2)11-24-15-7-5-13(10-16(15)23-3)4-6-14(20)17-8-9-18(25-17)19(21)22/h4-10,12H,11H2,1-3H3,(H,21,22)/b6-4+. The van der Waals surface area contributed by atoms with Gasteiger partial charge in [0.25, 0.3) is 0 Å². The summed E-state index contributed by atoms with van der Waals surface area (Å²) in [4.78, 5) is 23.5. The van der Waals surface area contributed by atoms with Gasteiger partial charge in [-0.25, -0.2) is 4.79 Å². The van der Waals surface area contributed by atoms with E-state index in [-0.39, 0.29) is 10.7 Å². The first-order valence-corrected chi connectivity index (χ1v) is 8.58. The molecule has 1 heterocycles. The van der Waals surface area contributed by atoms with Gasteiger partial charge in [-0.3, -0.25) is 4.79 Å². The number of hydrogen-bond donors (Lipinski definition) is 1. The Morgan fingerprint density at radius 1 is 1.16 bits per heavy atom. The second kappa shape index (κ2) is 8.48. The number of benzene rings is 1. The number of carboxylic acids is 1. The lowest BCUT2D eigenvalue weighted by molar-refractivity contribution is 0.0702. The normalized spacial score (nSPS) is 11.0. The van der Waals surface area contributed by atoms with E-state index in [1.165, 1.54) is 18.2 Å². The number of thiophene rings is 1. The zero-order valence-corrected chi connectivity index (χ0v) is 15.1. The fraction of sp³-hybridized carbons (Fsp3) is 0.263. The Morgan fingerprint density at radius 2 is 1.88 bits per heavy atom. The predicted molar refractivity (Wildman–Crippen MR) is 98.0 cm³/mol.